The van der Waals surface area contributed by atoms with Crippen LogP contribution in [-0.4, -0.2) is 40.4 Å². The lowest BCUT2D eigenvalue weighted by atomic mass is 10.1. The number of nitrogens with two attached hydrogens (primary N) is 1. The van der Waals surface area contributed by atoms with Crippen LogP contribution in [0.3, 0.4) is 0 Å². The molecule has 152 valence electrons. The third-order valence-corrected chi connectivity index (χ3v) is 5.06. The molecule has 29 heavy (non-hydrogen) atoms. The van der Waals surface area contributed by atoms with Crippen molar-refractivity contribution in [2.75, 3.05) is 25.6 Å². The summed E-state index contributed by atoms with van der Waals surface area (Å²) in [4.78, 5) is 8.45. The number of anilines is 2. The molecule has 1 saturated carbocycles. The molecule has 0 aliphatic heterocycles. The van der Waals surface area contributed by atoms with Gasteiger partial charge in [0.2, 0.25) is 0 Å². The lowest BCUT2D eigenvalue weighted by Crippen LogP contribution is -2.23. The third-order valence-electron chi connectivity index (χ3n) is 5.06. The zero-order valence-corrected chi connectivity index (χ0v) is 16.3. The molecule has 8 nitrogen and oxygen atoms in total. The number of H-pyrrole nitrogens is 1. The highest BCUT2D eigenvalue weighted by atomic mass is 19.1. The summed E-state index contributed by atoms with van der Waals surface area (Å²) in [5.74, 6) is 1.40. The smallest absolute Gasteiger partial charge is 0.153 e. The molecule has 0 bridgehead atoms. The van der Waals surface area contributed by atoms with E-state index in [9.17, 15) is 4.39 Å². The highest BCUT2D eigenvalue weighted by Crippen LogP contribution is 2.46. The van der Waals surface area contributed by atoms with E-state index >= 15 is 0 Å². The molecule has 4 N–H and O–H groups in total. The van der Waals surface area contributed by atoms with Crippen LogP contribution in [0.4, 0.5) is 16.0 Å². The minimum atomic E-state index is -0.439. The second kappa shape index (κ2) is 7.67. The zero-order valence-electron chi connectivity index (χ0n) is 16.3. The summed E-state index contributed by atoms with van der Waals surface area (Å²) >= 11 is 0. The molecule has 1 aromatic carbocycles. The number of aromatic nitrogens is 4. The summed E-state index contributed by atoms with van der Waals surface area (Å²) in [7, 11) is 1.49. The number of nitrogens with one attached hydrogen (secondary N) is 2. The summed E-state index contributed by atoms with van der Waals surface area (Å²) in [6.07, 6.45) is 5.32. The molecule has 3 aromatic rings. The Bertz CT molecular complexity index is 1000. The van der Waals surface area contributed by atoms with Crippen molar-refractivity contribution in [1.82, 2.24) is 20.2 Å². The van der Waals surface area contributed by atoms with Gasteiger partial charge in [-0.05, 0) is 19.8 Å². The topological polar surface area (TPSA) is 111 Å². The van der Waals surface area contributed by atoms with Crippen molar-refractivity contribution in [2.24, 2.45) is 11.1 Å². The van der Waals surface area contributed by atoms with Crippen molar-refractivity contribution in [3.05, 3.63) is 42.1 Å². The van der Waals surface area contributed by atoms with E-state index in [4.69, 9.17) is 15.2 Å². The van der Waals surface area contributed by atoms with Crippen LogP contribution < -0.4 is 20.5 Å². The molecule has 0 spiro atoms. The van der Waals surface area contributed by atoms with Gasteiger partial charge in [-0.1, -0.05) is 0 Å². The quantitative estimate of drug-likeness (QED) is 0.534. The summed E-state index contributed by atoms with van der Waals surface area (Å²) in [5.41, 5.74) is 7.87. The summed E-state index contributed by atoms with van der Waals surface area (Å²) < 4.78 is 25.5. The Labute approximate surface area is 167 Å². The molecule has 0 atom stereocenters. The van der Waals surface area contributed by atoms with Gasteiger partial charge in [0.15, 0.2) is 5.82 Å². The van der Waals surface area contributed by atoms with E-state index in [0.29, 0.717) is 47.5 Å². The molecular weight excluding hydrogens is 375 g/mol. The van der Waals surface area contributed by atoms with Crippen LogP contribution in [0, 0.1) is 18.2 Å². The van der Waals surface area contributed by atoms with Crippen LogP contribution in [-0.2, 0) is 0 Å². The second-order valence-corrected chi connectivity index (χ2v) is 7.31. The highest BCUT2D eigenvalue weighted by Gasteiger charge is 2.42. The van der Waals surface area contributed by atoms with Crippen LogP contribution >= 0.6 is 0 Å². The van der Waals surface area contributed by atoms with Crippen LogP contribution in [0.15, 0.2) is 30.6 Å². The SMILES string of the molecule is COc1cc(F)cc(OCC2(CN)CC2)c1-c1cc(Nc2cnc(C)cn2)n[nH]1. The van der Waals surface area contributed by atoms with Gasteiger partial charge >= 0.3 is 0 Å². The maximum absolute atomic E-state index is 14.1. The zero-order chi connectivity index (χ0) is 20.4. The van der Waals surface area contributed by atoms with Crippen molar-refractivity contribution >= 4 is 11.6 Å². The monoisotopic (exact) mass is 398 g/mol. The molecule has 9 heteroatoms. The normalized spacial score (nSPS) is 14.5. The third kappa shape index (κ3) is 4.14. The number of aryl methyl sites for hydroxylation is 1. The number of hydrogen-bond acceptors (Lipinski definition) is 7. The van der Waals surface area contributed by atoms with Gasteiger partial charge in [-0.25, -0.2) is 9.37 Å². The predicted octanol–water partition coefficient (Wildman–Crippen LogP) is 3.18. The number of nitrogens with zero attached hydrogens (tertiary/aromatic N) is 3. The summed E-state index contributed by atoms with van der Waals surface area (Å²) in [6, 6.07) is 4.45. The van der Waals surface area contributed by atoms with Gasteiger partial charge in [0.05, 0.1) is 43.1 Å². The summed E-state index contributed by atoms with van der Waals surface area (Å²) in [6.45, 7) is 2.84. The second-order valence-electron chi connectivity index (χ2n) is 7.31. The van der Waals surface area contributed by atoms with Crippen LogP contribution in [0.25, 0.3) is 11.3 Å². The van der Waals surface area contributed by atoms with E-state index in [-0.39, 0.29) is 5.41 Å². The molecule has 0 saturated heterocycles. The number of rotatable bonds is 8. The van der Waals surface area contributed by atoms with Gasteiger partial charge in [0.1, 0.15) is 23.1 Å². The van der Waals surface area contributed by atoms with E-state index in [2.05, 4.69) is 25.5 Å². The number of halogens is 1. The predicted molar refractivity (Wildman–Crippen MR) is 107 cm³/mol. The molecule has 0 unspecified atom stereocenters. The first kappa shape index (κ1) is 19.1. The van der Waals surface area contributed by atoms with E-state index < -0.39 is 5.82 Å². The molecule has 4 rings (SSSR count). The van der Waals surface area contributed by atoms with Crippen LogP contribution in [0.1, 0.15) is 18.5 Å². The Balaban J connectivity index is 1.62. The van der Waals surface area contributed by atoms with Gasteiger partial charge < -0.3 is 20.5 Å². The Morgan fingerprint density at radius 2 is 1.97 bits per heavy atom. The molecular formula is C20H23FN6O2. The fraction of sp³-hybridized carbons (Fsp3) is 0.350. The number of ether oxygens (including phenoxy) is 2. The van der Waals surface area contributed by atoms with E-state index in [1.165, 1.54) is 19.2 Å². The van der Waals surface area contributed by atoms with Crippen LogP contribution in [0.5, 0.6) is 11.5 Å². The van der Waals surface area contributed by atoms with Gasteiger partial charge in [-0.15, -0.1) is 0 Å². The molecule has 1 aliphatic rings. The van der Waals surface area contributed by atoms with Crippen molar-refractivity contribution in [3.8, 4) is 22.8 Å². The lowest BCUT2D eigenvalue weighted by molar-refractivity contribution is 0.238. The molecule has 0 radical (unpaired) electrons. The lowest BCUT2D eigenvalue weighted by Gasteiger charge is -2.18. The molecule has 2 heterocycles. The molecule has 1 aliphatic carbocycles. The largest absolute Gasteiger partial charge is 0.496 e. The van der Waals surface area contributed by atoms with Gasteiger partial charge in [0, 0.05) is 30.2 Å². The minimum Gasteiger partial charge on any atom is -0.496 e. The van der Waals surface area contributed by atoms with Crippen molar-refractivity contribution < 1.29 is 13.9 Å². The average molecular weight is 398 g/mol. The summed E-state index contributed by atoms with van der Waals surface area (Å²) in [5, 5.41) is 10.3. The Morgan fingerprint density at radius 1 is 1.17 bits per heavy atom. The Hall–Kier alpha value is -3.20. The number of benzene rings is 1. The first-order valence-corrected chi connectivity index (χ1v) is 9.34. The van der Waals surface area contributed by atoms with E-state index in [1.54, 1.807) is 18.5 Å². The standard InChI is InChI=1S/C20H23FN6O2/c1-12-8-24-18(9-23-12)25-17-7-14(26-27-17)19-15(28-2)5-13(21)6-16(19)29-11-20(10-22)3-4-20/h5-9H,3-4,10-11,22H2,1-2H3,(H2,24,25,26,27). The Kier molecular flexibility index (Phi) is 5.06. The average Bonchev–Trinajstić information content (AvgIpc) is 3.37. The van der Waals surface area contributed by atoms with Crippen molar-refractivity contribution in [1.29, 1.82) is 0 Å². The molecule has 0 amide bonds. The fourth-order valence-corrected chi connectivity index (χ4v) is 3.02. The molecule has 1 fully saturated rings. The number of hydrogen-bond donors (Lipinski definition) is 3. The number of aromatic amines is 1. The van der Waals surface area contributed by atoms with Crippen molar-refractivity contribution in [2.45, 2.75) is 19.8 Å². The molecule has 2 aromatic heterocycles. The van der Waals surface area contributed by atoms with E-state index in [1.807, 2.05) is 6.92 Å². The minimum absolute atomic E-state index is 0.0123. The van der Waals surface area contributed by atoms with Gasteiger partial charge in [0.25, 0.3) is 0 Å². The van der Waals surface area contributed by atoms with Gasteiger partial charge in [-0.3, -0.25) is 10.1 Å². The fourth-order valence-electron chi connectivity index (χ4n) is 3.02. The first-order chi connectivity index (χ1) is 14.0. The highest BCUT2D eigenvalue weighted by molar-refractivity contribution is 5.76. The maximum atomic E-state index is 14.1. The van der Waals surface area contributed by atoms with E-state index in [0.717, 1.165) is 18.5 Å². The Morgan fingerprint density at radius 3 is 2.62 bits per heavy atom. The van der Waals surface area contributed by atoms with Crippen molar-refractivity contribution in [3.63, 3.8) is 0 Å². The number of methoxy groups -OCH3 is 1. The van der Waals surface area contributed by atoms with Crippen LogP contribution in [0.2, 0.25) is 0 Å². The first-order valence-electron chi connectivity index (χ1n) is 9.34. The van der Waals surface area contributed by atoms with Gasteiger partial charge in [-0.2, -0.15) is 5.10 Å². The maximum Gasteiger partial charge on any atom is 0.153 e.